The average molecular weight is 422 g/mol. The van der Waals surface area contributed by atoms with Gasteiger partial charge < -0.3 is 15.4 Å². The van der Waals surface area contributed by atoms with Crippen molar-refractivity contribution in [2.75, 3.05) is 18.8 Å². The number of rotatable bonds is 5. The van der Waals surface area contributed by atoms with E-state index in [2.05, 4.69) is 0 Å². The normalized spacial score (nSPS) is 28.4. The predicted octanol–water partition coefficient (Wildman–Crippen LogP) is 2.32. The van der Waals surface area contributed by atoms with Crippen LogP contribution >= 0.6 is 0 Å². The smallest absolute Gasteiger partial charge is 0.410 e. The van der Waals surface area contributed by atoms with E-state index in [0.29, 0.717) is 25.9 Å². The number of sulfonamides is 1. The van der Waals surface area contributed by atoms with Crippen molar-refractivity contribution in [2.45, 2.75) is 63.3 Å². The van der Waals surface area contributed by atoms with Crippen molar-refractivity contribution in [3.8, 4) is 0 Å². The predicted molar refractivity (Wildman–Crippen MR) is 111 cm³/mol. The molecule has 3 fully saturated rings. The molecule has 3 aliphatic heterocycles. The lowest BCUT2D eigenvalue weighted by atomic mass is 9.99. The fraction of sp³-hybridized carbons (Fsp3) is 0.667. The summed E-state index contributed by atoms with van der Waals surface area (Å²) in [6.45, 7) is 1.35. The van der Waals surface area contributed by atoms with Gasteiger partial charge in [-0.25, -0.2) is 13.2 Å². The summed E-state index contributed by atoms with van der Waals surface area (Å²) < 4.78 is 33.3. The Labute approximate surface area is 173 Å². The van der Waals surface area contributed by atoms with Crippen molar-refractivity contribution in [3.63, 3.8) is 0 Å². The topological polar surface area (TPSA) is 92.9 Å². The number of fused-ring (bicyclic) bond motifs is 2. The minimum Gasteiger partial charge on any atom is -0.445 e. The summed E-state index contributed by atoms with van der Waals surface area (Å²) in [4.78, 5) is 14.0. The largest absolute Gasteiger partial charge is 0.445 e. The highest BCUT2D eigenvalue weighted by Gasteiger charge is 2.46. The monoisotopic (exact) mass is 421 g/mol. The Morgan fingerprint density at radius 3 is 2.28 bits per heavy atom. The molecule has 2 N–H and O–H groups in total. The maximum Gasteiger partial charge on any atom is 0.410 e. The lowest BCUT2D eigenvalue weighted by molar-refractivity contribution is 0.0838. The minimum atomic E-state index is -3.28. The Balaban J connectivity index is 1.26. The van der Waals surface area contributed by atoms with Gasteiger partial charge in [-0.2, -0.15) is 4.31 Å². The zero-order valence-electron chi connectivity index (χ0n) is 16.8. The maximum atomic E-state index is 13.1. The lowest BCUT2D eigenvalue weighted by Gasteiger charge is -2.38. The second kappa shape index (κ2) is 8.62. The molecule has 3 saturated heterocycles. The molecule has 1 amide bonds. The molecule has 8 heteroatoms. The van der Waals surface area contributed by atoms with Gasteiger partial charge in [-0.15, -0.1) is 0 Å². The minimum absolute atomic E-state index is 0.0850. The van der Waals surface area contributed by atoms with Gasteiger partial charge in [0.2, 0.25) is 10.0 Å². The third-order valence-electron chi connectivity index (χ3n) is 6.55. The van der Waals surface area contributed by atoms with E-state index in [0.717, 1.165) is 31.2 Å². The van der Waals surface area contributed by atoms with Crippen LogP contribution in [0.2, 0.25) is 0 Å². The van der Waals surface area contributed by atoms with Gasteiger partial charge in [0, 0.05) is 31.2 Å². The number of hydrogen-bond acceptors (Lipinski definition) is 5. The molecule has 0 radical (unpaired) electrons. The van der Waals surface area contributed by atoms with E-state index in [4.69, 9.17) is 10.5 Å². The van der Waals surface area contributed by atoms with Crippen molar-refractivity contribution in [3.05, 3.63) is 35.9 Å². The first-order valence-corrected chi connectivity index (χ1v) is 12.3. The number of piperidine rings is 2. The SMILES string of the molecule is N[C@@H]1C[C@H]2CC[C@@H](C1)N2S(=O)(=O)CC1CCN(C(=O)OCc2ccccc2)CC1. The van der Waals surface area contributed by atoms with E-state index < -0.39 is 10.0 Å². The second-order valence-electron chi connectivity index (χ2n) is 8.70. The molecule has 3 aliphatic rings. The first-order chi connectivity index (χ1) is 13.9. The van der Waals surface area contributed by atoms with Gasteiger partial charge in [0.05, 0.1) is 5.75 Å². The number of nitrogens with zero attached hydrogens (tertiary/aromatic N) is 2. The molecule has 1 aromatic carbocycles. The summed E-state index contributed by atoms with van der Waals surface area (Å²) >= 11 is 0. The summed E-state index contributed by atoms with van der Waals surface area (Å²) in [6, 6.07) is 9.89. The van der Waals surface area contributed by atoms with E-state index in [1.54, 1.807) is 9.21 Å². The van der Waals surface area contributed by atoms with Gasteiger partial charge in [0.25, 0.3) is 0 Å². The van der Waals surface area contributed by atoms with Crippen LogP contribution < -0.4 is 5.73 Å². The standard InChI is InChI=1S/C21H31N3O4S/c22-18-12-19-6-7-20(13-18)24(19)29(26,27)15-17-8-10-23(11-9-17)21(25)28-14-16-4-2-1-3-5-16/h1-5,17-20H,6-15,22H2/t18-,19-,20+. The Kier molecular flexibility index (Phi) is 6.13. The van der Waals surface area contributed by atoms with Crippen LogP contribution in [0, 0.1) is 5.92 Å². The highest BCUT2D eigenvalue weighted by Crippen LogP contribution is 2.38. The van der Waals surface area contributed by atoms with E-state index >= 15 is 0 Å². The summed E-state index contributed by atoms with van der Waals surface area (Å²) in [6.07, 6.45) is 4.50. The molecule has 0 unspecified atom stereocenters. The van der Waals surface area contributed by atoms with Crippen LogP contribution in [0.25, 0.3) is 0 Å². The summed E-state index contributed by atoms with van der Waals surface area (Å²) in [5.74, 6) is 0.274. The molecule has 0 aliphatic carbocycles. The molecule has 29 heavy (non-hydrogen) atoms. The molecule has 160 valence electrons. The number of carbonyl (C=O) groups excluding carboxylic acids is 1. The highest BCUT2D eigenvalue weighted by molar-refractivity contribution is 7.89. The molecular formula is C21H31N3O4S. The molecule has 7 nitrogen and oxygen atoms in total. The fourth-order valence-electron chi connectivity index (χ4n) is 5.11. The van der Waals surface area contributed by atoms with Gasteiger partial charge in [0.15, 0.2) is 0 Å². The average Bonchev–Trinajstić information content (AvgIpc) is 3.00. The third-order valence-corrected chi connectivity index (χ3v) is 8.68. The zero-order chi connectivity index (χ0) is 20.4. The fourth-order valence-corrected chi connectivity index (χ4v) is 7.50. The van der Waals surface area contributed by atoms with Crippen LogP contribution in [-0.2, 0) is 21.4 Å². The first kappa shape index (κ1) is 20.6. The zero-order valence-corrected chi connectivity index (χ0v) is 17.6. The molecular weight excluding hydrogens is 390 g/mol. The molecule has 3 atom stereocenters. The molecule has 3 heterocycles. The van der Waals surface area contributed by atoms with E-state index in [1.165, 1.54) is 0 Å². The number of benzene rings is 1. The van der Waals surface area contributed by atoms with Crippen LogP contribution in [0.5, 0.6) is 0 Å². The van der Waals surface area contributed by atoms with Crippen molar-refractivity contribution in [1.82, 2.24) is 9.21 Å². The van der Waals surface area contributed by atoms with Crippen LogP contribution in [0.3, 0.4) is 0 Å². The van der Waals surface area contributed by atoms with E-state index in [-0.39, 0.29) is 42.5 Å². The van der Waals surface area contributed by atoms with Crippen molar-refractivity contribution < 1.29 is 17.9 Å². The van der Waals surface area contributed by atoms with Crippen LogP contribution in [0.1, 0.15) is 44.1 Å². The van der Waals surface area contributed by atoms with Crippen LogP contribution in [0.4, 0.5) is 4.79 Å². The number of hydrogen-bond donors (Lipinski definition) is 1. The quantitative estimate of drug-likeness (QED) is 0.788. The third kappa shape index (κ3) is 4.75. The van der Waals surface area contributed by atoms with Gasteiger partial charge >= 0.3 is 6.09 Å². The van der Waals surface area contributed by atoms with E-state index in [1.807, 2.05) is 30.3 Å². The van der Waals surface area contributed by atoms with Crippen molar-refractivity contribution in [1.29, 1.82) is 0 Å². The van der Waals surface area contributed by atoms with Crippen LogP contribution in [-0.4, -0.2) is 60.7 Å². The Hall–Kier alpha value is -1.64. The molecule has 4 rings (SSSR count). The Morgan fingerprint density at radius 2 is 1.66 bits per heavy atom. The number of likely N-dealkylation sites (tertiary alicyclic amines) is 1. The van der Waals surface area contributed by atoms with Gasteiger partial charge in [-0.1, -0.05) is 30.3 Å². The summed E-state index contributed by atoms with van der Waals surface area (Å²) in [7, 11) is -3.28. The first-order valence-electron chi connectivity index (χ1n) is 10.6. The van der Waals surface area contributed by atoms with Crippen LogP contribution in [0.15, 0.2) is 30.3 Å². The number of nitrogens with two attached hydrogens (primary N) is 1. The van der Waals surface area contributed by atoms with Gasteiger partial charge in [-0.3, -0.25) is 0 Å². The lowest BCUT2D eigenvalue weighted by Crippen LogP contribution is -2.51. The number of carbonyl (C=O) groups is 1. The highest BCUT2D eigenvalue weighted by atomic mass is 32.2. The van der Waals surface area contributed by atoms with Gasteiger partial charge in [0.1, 0.15) is 6.61 Å². The van der Waals surface area contributed by atoms with E-state index in [9.17, 15) is 13.2 Å². The molecule has 0 saturated carbocycles. The molecule has 2 bridgehead atoms. The molecule has 1 aromatic rings. The maximum absolute atomic E-state index is 13.1. The van der Waals surface area contributed by atoms with Crippen molar-refractivity contribution >= 4 is 16.1 Å². The second-order valence-corrected chi connectivity index (χ2v) is 10.6. The molecule has 0 spiro atoms. The Bertz CT molecular complexity index is 794. The molecule has 0 aromatic heterocycles. The number of amides is 1. The van der Waals surface area contributed by atoms with Crippen molar-refractivity contribution in [2.24, 2.45) is 11.7 Å². The summed E-state index contributed by atoms with van der Waals surface area (Å²) in [5.41, 5.74) is 7.04. The summed E-state index contributed by atoms with van der Waals surface area (Å²) in [5, 5.41) is 0. The Morgan fingerprint density at radius 1 is 1.03 bits per heavy atom. The van der Waals surface area contributed by atoms with Gasteiger partial charge in [-0.05, 0) is 50.0 Å². The number of ether oxygens (including phenoxy) is 1.